The Labute approximate surface area is 174 Å². The highest BCUT2D eigenvalue weighted by atomic mass is 32.1. The first-order valence-corrected chi connectivity index (χ1v) is 11.0. The lowest BCUT2D eigenvalue weighted by Gasteiger charge is -2.31. The summed E-state index contributed by atoms with van der Waals surface area (Å²) < 4.78 is 5.53. The Bertz CT molecular complexity index is 793. The third kappa shape index (κ3) is 5.14. The largest absolute Gasteiger partial charge is 0.442 e. The van der Waals surface area contributed by atoms with Gasteiger partial charge in [-0.15, -0.1) is 11.3 Å². The van der Waals surface area contributed by atoms with E-state index in [9.17, 15) is 15.0 Å². The second kappa shape index (κ2) is 9.21. The summed E-state index contributed by atoms with van der Waals surface area (Å²) in [5.74, 6) is 0.477. The summed E-state index contributed by atoms with van der Waals surface area (Å²) in [6.45, 7) is 0.928. The van der Waals surface area contributed by atoms with E-state index in [2.05, 4.69) is 39.9 Å². The van der Waals surface area contributed by atoms with Gasteiger partial charge in [0.25, 0.3) is 0 Å². The maximum absolute atomic E-state index is 12.1. The number of amides is 1. The fraction of sp³-hybridized carbons (Fsp3) is 0.524. The van der Waals surface area contributed by atoms with Crippen molar-refractivity contribution in [1.82, 2.24) is 15.6 Å². The lowest BCUT2D eigenvalue weighted by molar-refractivity contribution is 0.0173. The zero-order valence-corrected chi connectivity index (χ0v) is 17.0. The molecule has 0 bridgehead atoms. The van der Waals surface area contributed by atoms with Crippen LogP contribution in [0.3, 0.4) is 0 Å². The molecule has 156 valence electrons. The quantitative estimate of drug-likeness (QED) is 0.549. The third-order valence-electron chi connectivity index (χ3n) is 5.77. The van der Waals surface area contributed by atoms with Crippen molar-refractivity contribution in [2.75, 3.05) is 13.1 Å². The van der Waals surface area contributed by atoms with Crippen molar-refractivity contribution in [2.45, 2.75) is 50.0 Å². The molecule has 1 saturated heterocycles. The number of rotatable bonds is 7. The lowest BCUT2D eigenvalue weighted by atomic mass is 9.80. The minimum absolute atomic E-state index is 0.133. The smallest absolute Gasteiger partial charge is 0.407 e. The number of β-amino-alcohol motifs (C(OH)–C–C–N with tert-alkyl or cyclic N) is 1. The fourth-order valence-corrected chi connectivity index (χ4v) is 4.65. The average Bonchev–Trinajstić information content (AvgIpc) is 3.33. The Balaban J connectivity index is 1.27. The first kappa shape index (κ1) is 20.3. The maximum atomic E-state index is 12.1. The van der Waals surface area contributed by atoms with Crippen LogP contribution >= 0.6 is 11.3 Å². The highest BCUT2D eigenvalue weighted by molar-refractivity contribution is 7.13. The highest BCUT2D eigenvalue weighted by Gasteiger charge is 2.37. The summed E-state index contributed by atoms with van der Waals surface area (Å²) in [7, 11) is 0. The summed E-state index contributed by atoms with van der Waals surface area (Å²) in [6.07, 6.45) is 3.00. The van der Waals surface area contributed by atoms with Gasteiger partial charge in [-0.05, 0) is 42.7 Å². The average molecular weight is 418 g/mol. The SMILES string of the molecule is O=C(NCCC1CC(O)C1)O[C@@H]1C(O)CN[C@@H]1Cc1ccc(-c2cncs2)cc1. The van der Waals surface area contributed by atoms with E-state index in [0.29, 0.717) is 25.4 Å². The van der Waals surface area contributed by atoms with Crippen molar-refractivity contribution in [1.29, 1.82) is 0 Å². The van der Waals surface area contributed by atoms with Crippen LogP contribution in [0.1, 0.15) is 24.8 Å². The number of hydrogen-bond donors (Lipinski definition) is 4. The number of hydrogen-bond acceptors (Lipinski definition) is 7. The first-order valence-electron chi connectivity index (χ1n) is 10.1. The van der Waals surface area contributed by atoms with Crippen LogP contribution in [-0.4, -0.2) is 58.7 Å². The number of alkyl carbamates (subject to hydrolysis) is 1. The predicted octanol–water partition coefficient (Wildman–Crippen LogP) is 1.94. The number of aliphatic hydroxyl groups is 2. The summed E-state index contributed by atoms with van der Waals surface area (Å²) in [4.78, 5) is 17.4. The normalized spacial score (nSPS) is 28.7. The molecule has 2 aromatic rings. The van der Waals surface area contributed by atoms with E-state index >= 15 is 0 Å². The molecule has 1 aliphatic heterocycles. The second-order valence-corrected chi connectivity index (χ2v) is 8.81. The van der Waals surface area contributed by atoms with Gasteiger partial charge in [0.05, 0.1) is 22.5 Å². The lowest BCUT2D eigenvalue weighted by Crippen LogP contribution is -2.42. The summed E-state index contributed by atoms with van der Waals surface area (Å²) in [5.41, 5.74) is 4.06. The molecule has 1 saturated carbocycles. The van der Waals surface area contributed by atoms with Crippen molar-refractivity contribution in [3.63, 3.8) is 0 Å². The molecule has 4 rings (SSSR count). The van der Waals surface area contributed by atoms with Crippen LogP contribution in [0.15, 0.2) is 36.0 Å². The molecular formula is C21H27N3O4S. The Kier molecular flexibility index (Phi) is 6.44. The number of nitrogens with zero attached hydrogens (tertiary/aromatic N) is 1. The number of aromatic nitrogens is 1. The van der Waals surface area contributed by atoms with E-state index in [-0.39, 0.29) is 12.1 Å². The van der Waals surface area contributed by atoms with Gasteiger partial charge < -0.3 is 25.6 Å². The van der Waals surface area contributed by atoms with E-state index in [4.69, 9.17) is 4.74 Å². The van der Waals surface area contributed by atoms with Crippen LogP contribution in [0, 0.1) is 5.92 Å². The van der Waals surface area contributed by atoms with Gasteiger partial charge >= 0.3 is 6.09 Å². The van der Waals surface area contributed by atoms with E-state index in [1.165, 1.54) is 0 Å². The first-order chi connectivity index (χ1) is 14.1. The molecule has 7 nitrogen and oxygen atoms in total. The molecule has 0 spiro atoms. The molecule has 1 unspecified atom stereocenters. The van der Waals surface area contributed by atoms with Crippen molar-refractivity contribution in [3.8, 4) is 10.4 Å². The van der Waals surface area contributed by atoms with Gasteiger partial charge in [0, 0.05) is 19.3 Å². The standard InChI is InChI=1S/C21H27N3O4S/c25-16-7-14(8-16)5-6-23-21(27)28-20-17(24-10-18(20)26)9-13-1-3-15(4-2-13)19-11-22-12-29-19/h1-4,11-12,14,16-18,20,24-26H,5-10H2,(H,23,27)/t14?,16?,17-,18?,20+/m1/s1. The molecule has 8 heteroatoms. The number of benzene rings is 1. The van der Waals surface area contributed by atoms with Gasteiger partial charge in [-0.1, -0.05) is 24.3 Å². The Hall–Kier alpha value is -2.00. The molecule has 1 aromatic heterocycles. The summed E-state index contributed by atoms with van der Waals surface area (Å²) in [6, 6.07) is 8.12. The van der Waals surface area contributed by atoms with Crippen LogP contribution in [0.2, 0.25) is 0 Å². The molecular weight excluding hydrogens is 390 g/mol. The Morgan fingerprint density at radius 1 is 1.28 bits per heavy atom. The molecule has 1 aromatic carbocycles. The van der Waals surface area contributed by atoms with Crippen LogP contribution in [0.5, 0.6) is 0 Å². The number of carbonyl (C=O) groups excluding carboxylic acids is 1. The number of carbonyl (C=O) groups is 1. The number of aliphatic hydroxyl groups excluding tert-OH is 2. The molecule has 4 N–H and O–H groups in total. The van der Waals surface area contributed by atoms with Gasteiger partial charge in [-0.3, -0.25) is 4.98 Å². The summed E-state index contributed by atoms with van der Waals surface area (Å²) >= 11 is 1.60. The van der Waals surface area contributed by atoms with Gasteiger partial charge in [0.15, 0.2) is 0 Å². The van der Waals surface area contributed by atoms with Crippen molar-refractivity contribution in [3.05, 3.63) is 41.5 Å². The molecule has 1 aliphatic carbocycles. The van der Waals surface area contributed by atoms with E-state index in [0.717, 1.165) is 35.3 Å². The van der Waals surface area contributed by atoms with Crippen molar-refractivity contribution >= 4 is 17.4 Å². The molecule has 29 heavy (non-hydrogen) atoms. The predicted molar refractivity (Wildman–Crippen MR) is 111 cm³/mol. The molecule has 1 amide bonds. The molecule has 0 radical (unpaired) electrons. The number of nitrogens with one attached hydrogen (secondary N) is 2. The van der Waals surface area contributed by atoms with Crippen LogP contribution in [-0.2, 0) is 11.2 Å². The minimum Gasteiger partial charge on any atom is -0.442 e. The molecule has 3 atom stereocenters. The zero-order valence-electron chi connectivity index (χ0n) is 16.2. The fourth-order valence-electron chi connectivity index (χ4n) is 4.02. The molecule has 2 aliphatic rings. The Morgan fingerprint density at radius 3 is 2.76 bits per heavy atom. The zero-order chi connectivity index (χ0) is 20.2. The number of thiazole rings is 1. The second-order valence-electron chi connectivity index (χ2n) is 7.93. The third-order valence-corrected chi connectivity index (χ3v) is 6.59. The minimum atomic E-state index is -0.719. The Morgan fingerprint density at radius 2 is 2.07 bits per heavy atom. The van der Waals surface area contributed by atoms with Gasteiger partial charge in [-0.25, -0.2) is 4.79 Å². The summed E-state index contributed by atoms with van der Waals surface area (Å²) in [5, 5.41) is 25.6. The monoisotopic (exact) mass is 417 g/mol. The topological polar surface area (TPSA) is 104 Å². The molecule has 2 fully saturated rings. The number of ether oxygens (including phenoxy) is 1. The van der Waals surface area contributed by atoms with Crippen molar-refractivity contribution < 1.29 is 19.7 Å². The van der Waals surface area contributed by atoms with Gasteiger partial charge in [0.2, 0.25) is 0 Å². The molecule has 2 heterocycles. The van der Waals surface area contributed by atoms with Crippen LogP contribution in [0.25, 0.3) is 10.4 Å². The van der Waals surface area contributed by atoms with Crippen LogP contribution < -0.4 is 10.6 Å². The van der Waals surface area contributed by atoms with Gasteiger partial charge in [0.1, 0.15) is 12.2 Å². The van der Waals surface area contributed by atoms with Gasteiger partial charge in [-0.2, -0.15) is 0 Å². The highest BCUT2D eigenvalue weighted by Crippen LogP contribution is 2.29. The van der Waals surface area contributed by atoms with Crippen LogP contribution in [0.4, 0.5) is 4.79 Å². The maximum Gasteiger partial charge on any atom is 0.407 e. The van der Waals surface area contributed by atoms with Crippen molar-refractivity contribution in [2.24, 2.45) is 5.92 Å². The van der Waals surface area contributed by atoms with E-state index < -0.39 is 18.3 Å². The van der Waals surface area contributed by atoms with E-state index in [1.54, 1.807) is 11.3 Å². The van der Waals surface area contributed by atoms with E-state index in [1.807, 2.05) is 11.7 Å².